The summed E-state index contributed by atoms with van der Waals surface area (Å²) in [7, 11) is 1.69. The van der Waals surface area contributed by atoms with Gasteiger partial charge in [0.2, 0.25) is 0 Å². The Hall–Kier alpha value is -1.81. The standard InChI is InChI=1S/C15H14F3N/c1-9-4-3-5-10(6-9)15(19-2)11-7-12(16)14(18)13(17)8-11/h3-8,15,19H,1-2H3. The van der Waals surface area contributed by atoms with Crippen LogP contribution in [0.4, 0.5) is 13.2 Å². The van der Waals surface area contributed by atoms with Gasteiger partial charge in [-0.2, -0.15) is 0 Å². The SMILES string of the molecule is CNC(c1cccc(C)c1)c1cc(F)c(F)c(F)c1. The molecule has 1 atom stereocenters. The topological polar surface area (TPSA) is 12.0 Å². The molecule has 1 unspecified atom stereocenters. The van der Waals surface area contributed by atoms with Gasteiger partial charge in [0, 0.05) is 0 Å². The zero-order chi connectivity index (χ0) is 14.0. The monoisotopic (exact) mass is 265 g/mol. The van der Waals surface area contributed by atoms with E-state index in [0.717, 1.165) is 23.3 Å². The van der Waals surface area contributed by atoms with E-state index in [1.807, 2.05) is 31.2 Å². The van der Waals surface area contributed by atoms with E-state index in [0.29, 0.717) is 5.56 Å². The smallest absolute Gasteiger partial charge is 0.194 e. The van der Waals surface area contributed by atoms with E-state index in [2.05, 4.69) is 5.32 Å². The first kappa shape index (κ1) is 13.6. The molecule has 2 aromatic rings. The highest BCUT2D eigenvalue weighted by Gasteiger charge is 2.17. The Morgan fingerprint density at radius 1 is 0.947 bits per heavy atom. The second-order valence-corrected chi connectivity index (χ2v) is 4.43. The molecule has 0 radical (unpaired) electrons. The lowest BCUT2D eigenvalue weighted by molar-refractivity contribution is 0.443. The van der Waals surface area contributed by atoms with Crippen LogP contribution in [0.25, 0.3) is 0 Å². The lowest BCUT2D eigenvalue weighted by Gasteiger charge is -2.18. The molecule has 0 aliphatic heterocycles. The van der Waals surface area contributed by atoms with E-state index in [1.54, 1.807) is 7.05 Å². The lowest BCUT2D eigenvalue weighted by atomic mass is 9.97. The molecule has 0 spiro atoms. The van der Waals surface area contributed by atoms with Crippen molar-refractivity contribution < 1.29 is 13.2 Å². The summed E-state index contributed by atoms with van der Waals surface area (Å²) < 4.78 is 39.6. The number of halogens is 3. The number of rotatable bonds is 3. The molecule has 0 aliphatic carbocycles. The third-order valence-electron chi connectivity index (χ3n) is 3.00. The van der Waals surface area contributed by atoms with Crippen molar-refractivity contribution in [2.24, 2.45) is 0 Å². The Labute approximate surface area is 110 Å². The Balaban J connectivity index is 2.48. The van der Waals surface area contributed by atoms with Crippen molar-refractivity contribution in [1.29, 1.82) is 0 Å². The van der Waals surface area contributed by atoms with E-state index in [4.69, 9.17) is 0 Å². The minimum atomic E-state index is -1.44. The van der Waals surface area contributed by atoms with Crippen molar-refractivity contribution in [1.82, 2.24) is 5.32 Å². The Morgan fingerprint density at radius 2 is 1.58 bits per heavy atom. The molecule has 0 aromatic heterocycles. The maximum atomic E-state index is 13.3. The molecule has 2 rings (SSSR count). The van der Waals surface area contributed by atoms with E-state index >= 15 is 0 Å². The summed E-state index contributed by atoms with van der Waals surface area (Å²) in [5, 5.41) is 2.98. The molecule has 0 bridgehead atoms. The van der Waals surface area contributed by atoms with Crippen LogP contribution in [0.5, 0.6) is 0 Å². The van der Waals surface area contributed by atoms with Crippen LogP contribution in [-0.2, 0) is 0 Å². The van der Waals surface area contributed by atoms with Crippen LogP contribution in [0, 0.1) is 24.4 Å². The van der Waals surface area contributed by atoms with Crippen LogP contribution < -0.4 is 5.32 Å². The third-order valence-corrected chi connectivity index (χ3v) is 3.00. The molecule has 4 heteroatoms. The summed E-state index contributed by atoms with van der Waals surface area (Å²) in [5.74, 6) is -3.80. The maximum absolute atomic E-state index is 13.3. The molecule has 2 aromatic carbocycles. The molecular weight excluding hydrogens is 251 g/mol. The van der Waals surface area contributed by atoms with Gasteiger partial charge in [-0.05, 0) is 37.2 Å². The molecule has 19 heavy (non-hydrogen) atoms. The highest BCUT2D eigenvalue weighted by Crippen LogP contribution is 2.25. The first-order chi connectivity index (χ1) is 9.02. The summed E-state index contributed by atoms with van der Waals surface area (Å²) in [6, 6.07) is 9.22. The fraction of sp³-hybridized carbons (Fsp3) is 0.200. The molecule has 0 fully saturated rings. The second-order valence-electron chi connectivity index (χ2n) is 4.43. The predicted octanol–water partition coefficient (Wildman–Crippen LogP) is 3.72. The van der Waals surface area contributed by atoms with Crippen molar-refractivity contribution in [3.8, 4) is 0 Å². The predicted molar refractivity (Wildman–Crippen MR) is 68.4 cm³/mol. The largest absolute Gasteiger partial charge is 0.309 e. The van der Waals surface area contributed by atoms with Crippen LogP contribution in [0.15, 0.2) is 36.4 Å². The van der Waals surface area contributed by atoms with Gasteiger partial charge in [-0.3, -0.25) is 0 Å². The molecule has 1 nitrogen and oxygen atoms in total. The molecule has 0 amide bonds. The summed E-state index contributed by atoms with van der Waals surface area (Å²) in [6.45, 7) is 1.93. The van der Waals surface area contributed by atoms with Gasteiger partial charge < -0.3 is 5.32 Å². The Bertz CT molecular complexity index is 573. The fourth-order valence-corrected chi connectivity index (χ4v) is 2.12. The minimum Gasteiger partial charge on any atom is -0.309 e. The van der Waals surface area contributed by atoms with Gasteiger partial charge in [0.25, 0.3) is 0 Å². The normalized spacial score (nSPS) is 12.5. The maximum Gasteiger partial charge on any atom is 0.194 e. The summed E-state index contributed by atoms with van der Waals surface area (Å²) in [5.41, 5.74) is 2.26. The fourth-order valence-electron chi connectivity index (χ4n) is 2.12. The van der Waals surface area contributed by atoms with Crippen molar-refractivity contribution in [2.75, 3.05) is 7.05 Å². The average molecular weight is 265 g/mol. The summed E-state index contributed by atoms with van der Waals surface area (Å²) >= 11 is 0. The van der Waals surface area contributed by atoms with E-state index in [1.165, 1.54) is 0 Å². The Kier molecular flexibility index (Phi) is 3.90. The third kappa shape index (κ3) is 2.79. The minimum absolute atomic E-state index is 0.351. The van der Waals surface area contributed by atoms with Gasteiger partial charge in [-0.15, -0.1) is 0 Å². The van der Waals surface area contributed by atoms with E-state index in [-0.39, 0.29) is 6.04 Å². The zero-order valence-electron chi connectivity index (χ0n) is 10.7. The van der Waals surface area contributed by atoms with Gasteiger partial charge >= 0.3 is 0 Å². The quantitative estimate of drug-likeness (QED) is 0.834. The lowest BCUT2D eigenvalue weighted by Crippen LogP contribution is -2.18. The molecule has 0 aliphatic rings. The highest BCUT2D eigenvalue weighted by atomic mass is 19.2. The molecule has 100 valence electrons. The summed E-state index contributed by atoms with van der Waals surface area (Å²) in [6.07, 6.45) is 0. The van der Waals surface area contributed by atoms with Crippen LogP contribution in [0.2, 0.25) is 0 Å². The molecule has 0 saturated heterocycles. The highest BCUT2D eigenvalue weighted by molar-refractivity contribution is 5.34. The van der Waals surface area contributed by atoms with Crippen molar-refractivity contribution in [3.05, 3.63) is 70.5 Å². The van der Waals surface area contributed by atoms with Crippen LogP contribution >= 0.6 is 0 Å². The van der Waals surface area contributed by atoms with Crippen LogP contribution in [0.1, 0.15) is 22.7 Å². The van der Waals surface area contributed by atoms with Crippen LogP contribution in [-0.4, -0.2) is 7.05 Å². The first-order valence-corrected chi connectivity index (χ1v) is 5.91. The van der Waals surface area contributed by atoms with Gasteiger partial charge in [-0.1, -0.05) is 29.8 Å². The summed E-state index contributed by atoms with van der Waals surface area (Å²) in [4.78, 5) is 0. The van der Waals surface area contributed by atoms with Gasteiger partial charge in [0.15, 0.2) is 17.5 Å². The Morgan fingerprint density at radius 3 is 2.11 bits per heavy atom. The van der Waals surface area contributed by atoms with E-state index < -0.39 is 17.5 Å². The number of benzene rings is 2. The van der Waals surface area contributed by atoms with Crippen LogP contribution in [0.3, 0.4) is 0 Å². The zero-order valence-corrected chi connectivity index (χ0v) is 10.7. The molecule has 0 heterocycles. The number of hydrogen-bond donors (Lipinski definition) is 1. The molecule has 0 saturated carbocycles. The average Bonchev–Trinajstić information content (AvgIpc) is 2.37. The van der Waals surface area contributed by atoms with Crippen molar-refractivity contribution >= 4 is 0 Å². The van der Waals surface area contributed by atoms with Gasteiger partial charge in [0.1, 0.15) is 0 Å². The second kappa shape index (κ2) is 5.45. The number of aryl methyl sites for hydroxylation is 1. The first-order valence-electron chi connectivity index (χ1n) is 5.91. The number of hydrogen-bond acceptors (Lipinski definition) is 1. The van der Waals surface area contributed by atoms with Crippen molar-refractivity contribution in [2.45, 2.75) is 13.0 Å². The van der Waals surface area contributed by atoms with E-state index in [9.17, 15) is 13.2 Å². The van der Waals surface area contributed by atoms with Crippen molar-refractivity contribution in [3.63, 3.8) is 0 Å². The van der Waals surface area contributed by atoms with Gasteiger partial charge in [-0.25, -0.2) is 13.2 Å². The van der Waals surface area contributed by atoms with Gasteiger partial charge in [0.05, 0.1) is 6.04 Å². The molecule has 1 N–H and O–H groups in total. The number of nitrogens with one attached hydrogen (secondary N) is 1. The molecular formula is C15H14F3N.